The van der Waals surface area contributed by atoms with E-state index in [1.165, 1.54) is 40.7 Å². The first-order valence-corrected chi connectivity index (χ1v) is 12.2. The molecule has 0 atom stereocenters. The van der Waals surface area contributed by atoms with Crippen molar-refractivity contribution in [1.82, 2.24) is 0 Å². The number of rotatable bonds is 5. The van der Waals surface area contributed by atoms with Crippen LogP contribution in [0, 0.1) is 5.82 Å². The number of sulfonamides is 2. The minimum absolute atomic E-state index is 0.159. The lowest BCUT2D eigenvalue weighted by atomic mass is 10.0. The Kier molecular flexibility index (Phi) is 5.25. The zero-order valence-corrected chi connectivity index (χ0v) is 17.5. The lowest BCUT2D eigenvalue weighted by Crippen LogP contribution is -2.35. The Morgan fingerprint density at radius 3 is 2.30 bits per heavy atom. The number of hydrogen-bond donors (Lipinski definition) is 1. The summed E-state index contributed by atoms with van der Waals surface area (Å²) in [6, 6.07) is 17.9. The van der Waals surface area contributed by atoms with Crippen molar-refractivity contribution in [2.75, 3.05) is 15.6 Å². The Morgan fingerprint density at radius 1 is 0.867 bits per heavy atom. The fourth-order valence-electron chi connectivity index (χ4n) is 3.45. The summed E-state index contributed by atoms with van der Waals surface area (Å²) in [5.74, 6) is -0.865. The molecule has 1 heterocycles. The SMILES string of the molecule is O=S(=O)(Nc1ccc2c(c1)N(S(=O)(=O)c1ccccc1)CCC2)c1ccccc1F. The van der Waals surface area contributed by atoms with Gasteiger partial charge >= 0.3 is 0 Å². The highest BCUT2D eigenvalue weighted by molar-refractivity contribution is 7.93. The highest BCUT2D eigenvalue weighted by Gasteiger charge is 2.29. The quantitative estimate of drug-likeness (QED) is 0.647. The largest absolute Gasteiger partial charge is 0.279 e. The molecule has 0 fully saturated rings. The Hall–Kier alpha value is -2.91. The standard InChI is InChI=1S/C21H19FN2O4S2/c22-19-10-4-5-11-21(19)29(25,26)23-17-13-12-16-7-6-14-24(20(16)15-17)30(27,28)18-8-2-1-3-9-18/h1-5,8-13,15,23H,6-7,14H2. The first kappa shape index (κ1) is 20.4. The van der Waals surface area contributed by atoms with Crippen LogP contribution in [-0.4, -0.2) is 23.4 Å². The van der Waals surface area contributed by atoms with Crippen LogP contribution in [0.25, 0.3) is 0 Å². The Morgan fingerprint density at radius 2 is 1.57 bits per heavy atom. The molecule has 0 saturated heterocycles. The molecule has 0 unspecified atom stereocenters. The van der Waals surface area contributed by atoms with Gasteiger partial charge in [-0.05, 0) is 54.8 Å². The van der Waals surface area contributed by atoms with Crippen LogP contribution >= 0.6 is 0 Å². The summed E-state index contributed by atoms with van der Waals surface area (Å²) in [5.41, 5.74) is 1.38. The minimum Gasteiger partial charge on any atom is -0.279 e. The molecule has 3 aromatic rings. The van der Waals surface area contributed by atoms with Crippen molar-refractivity contribution >= 4 is 31.4 Å². The molecule has 0 amide bonds. The lowest BCUT2D eigenvalue weighted by molar-refractivity contribution is 0.570. The van der Waals surface area contributed by atoms with Gasteiger partial charge in [-0.1, -0.05) is 36.4 Å². The molecule has 0 aliphatic carbocycles. The Labute approximate surface area is 175 Å². The smallest absolute Gasteiger partial charge is 0.264 e. The van der Waals surface area contributed by atoms with Gasteiger partial charge in [0.2, 0.25) is 0 Å². The summed E-state index contributed by atoms with van der Waals surface area (Å²) in [6.45, 7) is 0.285. The van der Waals surface area contributed by atoms with Gasteiger partial charge in [0.1, 0.15) is 10.7 Å². The second kappa shape index (κ2) is 7.73. The second-order valence-electron chi connectivity index (χ2n) is 6.87. The number of fused-ring (bicyclic) bond motifs is 1. The van der Waals surface area contributed by atoms with Crippen molar-refractivity contribution in [3.8, 4) is 0 Å². The average Bonchev–Trinajstić information content (AvgIpc) is 2.73. The van der Waals surface area contributed by atoms with Gasteiger partial charge in [0.15, 0.2) is 0 Å². The van der Waals surface area contributed by atoms with Crippen molar-refractivity contribution in [3.05, 3.63) is 84.2 Å². The lowest BCUT2D eigenvalue weighted by Gasteiger charge is -2.31. The first-order chi connectivity index (χ1) is 14.3. The third-order valence-corrected chi connectivity index (χ3v) is 8.11. The summed E-state index contributed by atoms with van der Waals surface area (Å²) in [5, 5.41) is 0. The fraction of sp³-hybridized carbons (Fsp3) is 0.143. The molecular weight excluding hydrogens is 427 g/mol. The van der Waals surface area contributed by atoms with E-state index in [-0.39, 0.29) is 17.1 Å². The van der Waals surface area contributed by atoms with Gasteiger partial charge in [-0.25, -0.2) is 21.2 Å². The molecular formula is C21H19FN2O4S2. The molecule has 1 N–H and O–H groups in total. The van der Waals surface area contributed by atoms with Gasteiger partial charge < -0.3 is 0 Å². The topological polar surface area (TPSA) is 83.6 Å². The van der Waals surface area contributed by atoms with Crippen LogP contribution in [0.15, 0.2) is 82.6 Å². The van der Waals surface area contributed by atoms with Crippen LogP contribution in [0.1, 0.15) is 12.0 Å². The van der Waals surface area contributed by atoms with Crippen molar-refractivity contribution in [2.45, 2.75) is 22.6 Å². The molecule has 4 rings (SSSR count). The summed E-state index contributed by atoms with van der Waals surface area (Å²) < 4.78 is 69.1. The van der Waals surface area contributed by atoms with Gasteiger partial charge in [0, 0.05) is 6.54 Å². The van der Waals surface area contributed by atoms with Crippen LogP contribution in [-0.2, 0) is 26.5 Å². The summed E-state index contributed by atoms with van der Waals surface area (Å²) >= 11 is 0. The van der Waals surface area contributed by atoms with E-state index in [4.69, 9.17) is 0 Å². The highest BCUT2D eigenvalue weighted by Crippen LogP contribution is 2.34. The normalized spacial score (nSPS) is 14.2. The summed E-state index contributed by atoms with van der Waals surface area (Å²) in [7, 11) is -7.97. The van der Waals surface area contributed by atoms with Crippen LogP contribution in [0.4, 0.5) is 15.8 Å². The molecule has 3 aromatic carbocycles. The number of nitrogens with one attached hydrogen (secondary N) is 1. The highest BCUT2D eigenvalue weighted by atomic mass is 32.2. The van der Waals surface area contributed by atoms with E-state index in [9.17, 15) is 21.2 Å². The fourth-order valence-corrected chi connectivity index (χ4v) is 6.13. The van der Waals surface area contributed by atoms with Crippen molar-refractivity contribution in [1.29, 1.82) is 0 Å². The van der Waals surface area contributed by atoms with Crippen molar-refractivity contribution < 1.29 is 21.2 Å². The predicted molar refractivity (Wildman–Crippen MR) is 113 cm³/mol. The maximum Gasteiger partial charge on any atom is 0.264 e. The third kappa shape index (κ3) is 3.78. The predicted octanol–water partition coefficient (Wildman–Crippen LogP) is 3.77. The maximum atomic E-state index is 14.0. The second-order valence-corrected chi connectivity index (χ2v) is 10.4. The number of benzene rings is 3. The monoisotopic (exact) mass is 446 g/mol. The molecule has 156 valence electrons. The number of hydrogen-bond acceptors (Lipinski definition) is 4. The number of nitrogens with zero attached hydrogens (tertiary/aromatic N) is 1. The van der Waals surface area contributed by atoms with Gasteiger partial charge in [-0.15, -0.1) is 0 Å². The van der Waals surface area contributed by atoms with E-state index in [1.807, 2.05) is 0 Å². The van der Waals surface area contributed by atoms with Crippen LogP contribution in [0.2, 0.25) is 0 Å². The third-order valence-electron chi connectivity index (χ3n) is 4.87. The number of halogens is 1. The minimum atomic E-state index is -4.17. The first-order valence-electron chi connectivity index (χ1n) is 9.27. The summed E-state index contributed by atoms with van der Waals surface area (Å²) in [4.78, 5) is -0.313. The maximum absolute atomic E-state index is 14.0. The molecule has 0 saturated carbocycles. The van der Waals surface area contributed by atoms with Gasteiger partial charge in [0.25, 0.3) is 20.0 Å². The van der Waals surface area contributed by atoms with E-state index in [0.717, 1.165) is 11.6 Å². The zero-order chi connectivity index (χ0) is 21.4. The number of aryl methyl sites for hydroxylation is 1. The van der Waals surface area contributed by atoms with Gasteiger partial charge in [0.05, 0.1) is 16.3 Å². The molecule has 0 bridgehead atoms. The van der Waals surface area contributed by atoms with E-state index in [1.54, 1.807) is 30.3 Å². The molecule has 1 aliphatic rings. The number of anilines is 2. The molecule has 0 radical (unpaired) electrons. The average molecular weight is 447 g/mol. The zero-order valence-electron chi connectivity index (χ0n) is 15.8. The molecule has 0 spiro atoms. The van der Waals surface area contributed by atoms with Gasteiger partial charge in [-0.3, -0.25) is 9.03 Å². The van der Waals surface area contributed by atoms with Crippen molar-refractivity contribution in [2.24, 2.45) is 0 Å². The Balaban J connectivity index is 1.72. The molecule has 9 heteroatoms. The van der Waals surface area contributed by atoms with E-state index < -0.39 is 30.8 Å². The van der Waals surface area contributed by atoms with Gasteiger partial charge in [-0.2, -0.15) is 0 Å². The molecule has 30 heavy (non-hydrogen) atoms. The summed E-state index contributed by atoms with van der Waals surface area (Å²) in [6.07, 6.45) is 1.33. The van der Waals surface area contributed by atoms with Crippen LogP contribution in [0.5, 0.6) is 0 Å². The molecule has 1 aliphatic heterocycles. The van der Waals surface area contributed by atoms with Crippen molar-refractivity contribution in [3.63, 3.8) is 0 Å². The van der Waals surface area contributed by atoms with E-state index in [2.05, 4.69) is 4.72 Å². The Bertz CT molecular complexity index is 1290. The molecule has 0 aromatic heterocycles. The van der Waals surface area contributed by atoms with Crippen LogP contribution < -0.4 is 9.03 Å². The molecule has 6 nitrogen and oxygen atoms in total. The van der Waals surface area contributed by atoms with Crippen LogP contribution in [0.3, 0.4) is 0 Å². The van der Waals surface area contributed by atoms with E-state index in [0.29, 0.717) is 18.5 Å². The van der Waals surface area contributed by atoms with E-state index >= 15 is 0 Å².